The van der Waals surface area contributed by atoms with E-state index in [0.29, 0.717) is 5.56 Å². The van der Waals surface area contributed by atoms with Crippen molar-refractivity contribution in [2.24, 2.45) is 0 Å². The second-order valence-electron chi connectivity index (χ2n) is 8.18. The Morgan fingerprint density at radius 3 is 2.06 bits per heavy atom. The van der Waals surface area contributed by atoms with E-state index in [4.69, 9.17) is 0 Å². The summed E-state index contributed by atoms with van der Waals surface area (Å²) in [5, 5.41) is 0. The van der Waals surface area contributed by atoms with Crippen LogP contribution in [0.1, 0.15) is 17.2 Å². The molecule has 9 nitrogen and oxygen atoms in total. The van der Waals surface area contributed by atoms with Gasteiger partial charge in [0.15, 0.2) is 0 Å². The highest BCUT2D eigenvalue weighted by molar-refractivity contribution is 7.88. The lowest BCUT2D eigenvalue weighted by Crippen LogP contribution is -2.53. The molecule has 2 aromatic carbocycles. The third kappa shape index (κ3) is 4.91. The molecule has 1 atom stereocenters. The predicted octanol–water partition coefficient (Wildman–Crippen LogP) is 1.30. The summed E-state index contributed by atoms with van der Waals surface area (Å²) in [7, 11) is -3.32. The van der Waals surface area contributed by atoms with Crippen LogP contribution in [0.15, 0.2) is 60.7 Å². The molecule has 0 radical (unpaired) electrons. The minimum absolute atomic E-state index is 0.194. The monoisotopic (exact) mass is 470 g/mol. The Labute approximate surface area is 193 Å². The fourth-order valence-corrected chi connectivity index (χ4v) is 5.01. The smallest absolute Gasteiger partial charge is 0.328 e. The average Bonchev–Trinajstić information content (AvgIpc) is 3.04. The average molecular weight is 471 g/mol. The summed E-state index contributed by atoms with van der Waals surface area (Å²) >= 11 is 0. The van der Waals surface area contributed by atoms with E-state index in [9.17, 15) is 22.8 Å². The van der Waals surface area contributed by atoms with Gasteiger partial charge in [-0.25, -0.2) is 13.2 Å². The Kier molecular flexibility index (Phi) is 6.48. The van der Waals surface area contributed by atoms with Crippen molar-refractivity contribution >= 4 is 27.9 Å². The minimum atomic E-state index is -3.32. The fraction of sp³-hybridized carbons (Fsp3) is 0.348. The molecule has 2 aliphatic heterocycles. The summed E-state index contributed by atoms with van der Waals surface area (Å²) < 4.78 is 24.7. The van der Waals surface area contributed by atoms with Crippen LogP contribution in [0, 0.1) is 0 Å². The maximum absolute atomic E-state index is 13.3. The van der Waals surface area contributed by atoms with Gasteiger partial charge in [0.25, 0.3) is 5.91 Å². The maximum Gasteiger partial charge on any atom is 0.328 e. The number of carbonyl (C=O) groups is 3. The van der Waals surface area contributed by atoms with Crippen LogP contribution in [0.25, 0.3) is 0 Å². The first-order chi connectivity index (χ1) is 15.8. The summed E-state index contributed by atoms with van der Waals surface area (Å²) in [6.07, 6.45) is 1.14. The Morgan fingerprint density at radius 2 is 1.48 bits per heavy atom. The molecule has 2 aromatic rings. The van der Waals surface area contributed by atoms with E-state index in [1.54, 1.807) is 12.1 Å². The van der Waals surface area contributed by atoms with Gasteiger partial charge < -0.3 is 9.80 Å². The molecule has 2 heterocycles. The van der Waals surface area contributed by atoms with E-state index >= 15 is 0 Å². The molecule has 2 aliphatic rings. The Bertz CT molecular complexity index is 1130. The summed E-state index contributed by atoms with van der Waals surface area (Å²) in [6, 6.07) is 17.1. The molecule has 0 aliphatic carbocycles. The summed E-state index contributed by atoms with van der Waals surface area (Å²) in [5.41, 5.74) is 1.56. The number of carbonyl (C=O) groups excluding carboxylic acids is 3. The van der Waals surface area contributed by atoms with Gasteiger partial charge in [0, 0.05) is 32.7 Å². The topological polar surface area (TPSA) is 98.3 Å². The van der Waals surface area contributed by atoms with Crippen LogP contribution in [0.5, 0.6) is 0 Å². The number of urea groups is 1. The van der Waals surface area contributed by atoms with Crippen molar-refractivity contribution in [3.63, 3.8) is 0 Å². The van der Waals surface area contributed by atoms with Gasteiger partial charge in [-0.1, -0.05) is 60.7 Å². The van der Waals surface area contributed by atoms with E-state index in [0.717, 1.165) is 16.7 Å². The molecule has 0 spiro atoms. The van der Waals surface area contributed by atoms with Crippen LogP contribution in [0.4, 0.5) is 4.79 Å². The molecular weight excluding hydrogens is 444 g/mol. The zero-order chi connectivity index (χ0) is 23.6. The molecule has 174 valence electrons. The number of benzene rings is 2. The largest absolute Gasteiger partial charge is 0.338 e. The molecule has 0 unspecified atom stereocenters. The van der Waals surface area contributed by atoms with E-state index in [2.05, 4.69) is 0 Å². The van der Waals surface area contributed by atoms with Crippen LogP contribution in [-0.4, -0.2) is 84.2 Å². The third-order valence-electron chi connectivity index (χ3n) is 5.95. The molecular formula is C23H26N4O5S. The third-order valence-corrected chi connectivity index (χ3v) is 7.26. The lowest BCUT2D eigenvalue weighted by molar-refractivity contribution is -0.138. The van der Waals surface area contributed by atoms with Gasteiger partial charge in [0.1, 0.15) is 12.6 Å². The summed E-state index contributed by atoms with van der Waals surface area (Å²) in [5.74, 6) is -0.816. The lowest BCUT2D eigenvalue weighted by atomic mass is 10.1. The molecule has 0 bridgehead atoms. The predicted molar refractivity (Wildman–Crippen MR) is 121 cm³/mol. The van der Waals surface area contributed by atoms with E-state index in [1.165, 1.54) is 14.1 Å². The summed E-state index contributed by atoms with van der Waals surface area (Å²) in [4.78, 5) is 43.5. The number of imide groups is 1. The van der Waals surface area contributed by atoms with Crippen molar-refractivity contribution in [1.82, 2.24) is 19.0 Å². The molecule has 2 fully saturated rings. The van der Waals surface area contributed by atoms with Crippen molar-refractivity contribution in [2.45, 2.75) is 12.6 Å². The lowest BCUT2D eigenvalue weighted by Gasteiger charge is -2.33. The molecule has 0 aromatic heterocycles. The van der Waals surface area contributed by atoms with Crippen LogP contribution in [-0.2, 0) is 26.2 Å². The second kappa shape index (κ2) is 9.32. The van der Waals surface area contributed by atoms with Gasteiger partial charge in [0.05, 0.1) is 6.26 Å². The zero-order valence-corrected chi connectivity index (χ0v) is 19.1. The van der Waals surface area contributed by atoms with Gasteiger partial charge in [-0.15, -0.1) is 0 Å². The molecule has 10 heteroatoms. The standard InChI is InChI=1S/C23H26N4O5S/c1-33(31,32)25-14-12-24(13-15-25)20(28)17-27-22(29)21(19-10-6-3-7-11-19)26(23(27)30)16-18-8-4-2-5-9-18/h2-11,21H,12-17H2,1H3/t21-/m1/s1. The SMILES string of the molecule is CS(=O)(=O)N1CCN(C(=O)CN2C(=O)[C@@H](c3ccccc3)N(Cc3ccccc3)C2=O)CC1. The molecule has 2 saturated heterocycles. The number of hydrogen-bond acceptors (Lipinski definition) is 5. The van der Waals surface area contributed by atoms with Crippen molar-refractivity contribution in [1.29, 1.82) is 0 Å². The van der Waals surface area contributed by atoms with Crippen LogP contribution >= 0.6 is 0 Å². The van der Waals surface area contributed by atoms with Crippen LogP contribution in [0.2, 0.25) is 0 Å². The highest BCUT2D eigenvalue weighted by Crippen LogP contribution is 2.32. The molecule has 33 heavy (non-hydrogen) atoms. The first-order valence-electron chi connectivity index (χ1n) is 10.7. The Balaban J connectivity index is 1.52. The maximum atomic E-state index is 13.3. The van der Waals surface area contributed by atoms with E-state index in [1.807, 2.05) is 48.5 Å². The molecule has 4 amide bonds. The first-order valence-corrected chi connectivity index (χ1v) is 12.5. The number of hydrogen-bond donors (Lipinski definition) is 0. The van der Waals surface area contributed by atoms with Crippen LogP contribution in [0.3, 0.4) is 0 Å². The summed E-state index contributed by atoms with van der Waals surface area (Å²) in [6.45, 7) is 0.697. The number of nitrogens with zero attached hydrogens (tertiary/aromatic N) is 4. The normalized spacial score (nSPS) is 19.9. The molecule has 4 rings (SSSR count). The second-order valence-corrected chi connectivity index (χ2v) is 10.2. The van der Waals surface area contributed by atoms with Gasteiger partial charge in [-0.05, 0) is 11.1 Å². The van der Waals surface area contributed by atoms with E-state index in [-0.39, 0.29) is 45.2 Å². The van der Waals surface area contributed by atoms with E-state index < -0.39 is 28.0 Å². The van der Waals surface area contributed by atoms with Gasteiger partial charge in [-0.2, -0.15) is 4.31 Å². The van der Waals surface area contributed by atoms with Gasteiger partial charge in [0.2, 0.25) is 15.9 Å². The number of sulfonamides is 1. The first kappa shape index (κ1) is 22.9. The highest BCUT2D eigenvalue weighted by Gasteiger charge is 2.46. The minimum Gasteiger partial charge on any atom is -0.338 e. The Hall–Kier alpha value is -3.24. The van der Waals surface area contributed by atoms with Crippen molar-refractivity contribution in [3.8, 4) is 0 Å². The molecule has 0 saturated carbocycles. The number of piperazine rings is 1. The van der Waals surface area contributed by atoms with Gasteiger partial charge >= 0.3 is 6.03 Å². The zero-order valence-electron chi connectivity index (χ0n) is 18.3. The Morgan fingerprint density at radius 1 is 0.909 bits per heavy atom. The molecule has 0 N–H and O–H groups in total. The highest BCUT2D eigenvalue weighted by atomic mass is 32.2. The fourth-order valence-electron chi connectivity index (χ4n) is 4.19. The number of rotatable bonds is 6. The van der Waals surface area contributed by atoms with Crippen molar-refractivity contribution < 1.29 is 22.8 Å². The van der Waals surface area contributed by atoms with Crippen molar-refractivity contribution in [2.75, 3.05) is 39.0 Å². The quantitative estimate of drug-likeness (QED) is 0.593. The van der Waals surface area contributed by atoms with Crippen LogP contribution < -0.4 is 0 Å². The number of amides is 4. The van der Waals surface area contributed by atoms with Gasteiger partial charge in [-0.3, -0.25) is 14.5 Å². The van der Waals surface area contributed by atoms with Crippen molar-refractivity contribution in [3.05, 3.63) is 71.8 Å².